The third-order valence-electron chi connectivity index (χ3n) is 5.96. The van der Waals surface area contributed by atoms with Crippen molar-refractivity contribution in [3.8, 4) is 0 Å². The molecule has 1 aromatic heterocycles. The van der Waals surface area contributed by atoms with Gasteiger partial charge >= 0.3 is 6.18 Å². The first-order chi connectivity index (χ1) is 15.8. The second kappa shape index (κ2) is 9.39. The SMILES string of the molecule is CC1CC(NC(=O)c2cccc(N(CCO)c3ncccc3C3CC3)c2)=CC=C1C(F)(F)F. The summed E-state index contributed by atoms with van der Waals surface area (Å²) in [5.41, 5.74) is 2.05. The van der Waals surface area contributed by atoms with Gasteiger partial charge in [0.15, 0.2) is 0 Å². The van der Waals surface area contributed by atoms with Crippen molar-refractivity contribution < 1.29 is 23.1 Å². The highest BCUT2D eigenvalue weighted by Gasteiger charge is 2.38. The van der Waals surface area contributed by atoms with E-state index in [-0.39, 0.29) is 13.0 Å². The molecule has 8 heteroatoms. The maximum absolute atomic E-state index is 13.0. The van der Waals surface area contributed by atoms with Gasteiger partial charge in [-0.3, -0.25) is 4.79 Å². The van der Waals surface area contributed by atoms with Gasteiger partial charge in [0.25, 0.3) is 5.91 Å². The van der Waals surface area contributed by atoms with Gasteiger partial charge in [0.1, 0.15) is 5.82 Å². The average molecular weight is 457 g/mol. The van der Waals surface area contributed by atoms with Gasteiger partial charge in [-0.15, -0.1) is 0 Å². The van der Waals surface area contributed by atoms with Crippen LogP contribution in [0.1, 0.15) is 48.0 Å². The van der Waals surface area contributed by atoms with E-state index in [2.05, 4.69) is 10.3 Å². The molecule has 1 amide bonds. The maximum atomic E-state index is 13.0. The molecular formula is C25H26F3N3O2. The summed E-state index contributed by atoms with van der Waals surface area (Å²) >= 11 is 0. The molecule has 2 aromatic rings. The fraction of sp³-hybridized carbons (Fsp3) is 0.360. The van der Waals surface area contributed by atoms with E-state index in [9.17, 15) is 23.1 Å². The Morgan fingerprint density at radius 2 is 2.00 bits per heavy atom. The maximum Gasteiger partial charge on any atom is 0.412 e. The molecule has 0 saturated heterocycles. The van der Waals surface area contributed by atoms with Gasteiger partial charge in [0.05, 0.1) is 6.61 Å². The lowest BCUT2D eigenvalue weighted by atomic mass is 9.91. The number of anilines is 2. The molecule has 1 fully saturated rings. The van der Waals surface area contributed by atoms with E-state index in [4.69, 9.17) is 0 Å². The summed E-state index contributed by atoms with van der Waals surface area (Å²) in [6.07, 6.45) is 1.99. The normalized spacial score (nSPS) is 18.4. The number of aromatic nitrogens is 1. The molecule has 0 radical (unpaired) electrons. The molecule has 1 unspecified atom stereocenters. The zero-order valence-corrected chi connectivity index (χ0v) is 18.3. The third-order valence-corrected chi connectivity index (χ3v) is 5.96. The van der Waals surface area contributed by atoms with Gasteiger partial charge < -0.3 is 15.3 Å². The number of hydrogen-bond donors (Lipinski definition) is 2. The van der Waals surface area contributed by atoms with E-state index >= 15 is 0 Å². The van der Waals surface area contributed by atoms with Crippen LogP contribution in [0.5, 0.6) is 0 Å². The lowest BCUT2D eigenvalue weighted by Gasteiger charge is -2.26. The molecule has 2 N–H and O–H groups in total. The van der Waals surface area contributed by atoms with Crippen molar-refractivity contribution in [2.75, 3.05) is 18.1 Å². The number of aliphatic hydroxyl groups is 1. The summed E-state index contributed by atoms with van der Waals surface area (Å²) in [4.78, 5) is 19.3. The van der Waals surface area contributed by atoms with Crippen LogP contribution in [0, 0.1) is 5.92 Å². The number of aliphatic hydroxyl groups excluding tert-OH is 1. The molecule has 0 aliphatic heterocycles. The highest BCUT2D eigenvalue weighted by Crippen LogP contribution is 2.44. The number of carbonyl (C=O) groups excluding carboxylic acids is 1. The number of rotatable bonds is 7. The number of nitrogens with zero attached hydrogens (tertiary/aromatic N) is 2. The van der Waals surface area contributed by atoms with Crippen LogP contribution in [0.2, 0.25) is 0 Å². The molecule has 2 aliphatic rings. The van der Waals surface area contributed by atoms with Crippen molar-refractivity contribution in [2.24, 2.45) is 5.92 Å². The number of benzene rings is 1. The summed E-state index contributed by atoms with van der Waals surface area (Å²) in [6.45, 7) is 1.72. The first-order valence-electron chi connectivity index (χ1n) is 11.0. The number of carbonyl (C=O) groups is 1. The number of nitrogens with one attached hydrogen (secondary N) is 1. The number of amides is 1. The van der Waals surface area contributed by atoms with Crippen LogP contribution >= 0.6 is 0 Å². The van der Waals surface area contributed by atoms with Crippen LogP contribution in [0.3, 0.4) is 0 Å². The van der Waals surface area contributed by atoms with E-state index in [1.165, 1.54) is 13.0 Å². The summed E-state index contributed by atoms with van der Waals surface area (Å²) < 4.78 is 39.1. The standard InChI is InChI=1S/C25H26F3N3O2/c1-16-14-19(9-10-22(16)25(26,27)28)30-24(33)18-4-2-5-20(15-18)31(12-13-32)23-21(17-7-8-17)6-3-11-29-23/h2-6,9-11,15-17,32H,7-8,12-14H2,1H3,(H,30,33). The number of alkyl halides is 3. The van der Waals surface area contributed by atoms with Crippen LogP contribution in [0.4, 0.5) is 24.7 Å². The Labute approximate surface area is 190 Å². The van der Waals surface area contributed by atoms with Crippen molar-refractivity contribution in [3.05, 3.63) is 77.1 Å². The molecule has 1 aromatic carbocycles. The van der Waals surface area contributed by atoms with E-state index < -0.39 is 23.6 Å². The quantitative estimate of drug-likeness (QED) is 0.598. The van der Waals surface area contributed by atoms with Gasteiger partial charge in [-0.2, -0.15) is 13.2 Å². The second-order valence-electron chi connectivity index (χ2n) is 8.49. The predicted octanol–water partition coefficient (Wildman–Crippen LogP) is 5.23. The molecule has 2 aliphatic carbocycles. The molecule has 1 saturated carbocycles. The van der Waals surface area contributed by atoms with Gasteiger partial charge in [-0.05, 0) is 67.0 Å². The van der Waals surface area contributed by atoms with E-state index in [1.54, 1.807) is 24.4 Å². The Morgan fingerprint density at radius 3 is 2.67 bits per heavy atom. The fourth-order valence-electron chi connectivity index (χ4n) is 4.17. The van der Waals surface area contributed by atoms with Crippen molar-refractivity contribution in [1.82, 2.24) is 10.3 Å². The molecule has 4 rings (SSSR count). The fourth-order valence-corrected chi connectivity index (χ4v) is 4.17. The number of pyridine rings is 1. The lowest BCUT2D eigenvalue weighted by Crippen LogP contribution is -2.28. The van der Waals surface area contributed by atoms with Gasteiger partial charge in [-0.1, -0.05) is 25.1 Å². The topological polar surface area (TPSA) is 65.5 Å². The predicted molar refractivity (Wildman–Crippen MR) is 120 cm³/mol. The van der Waals surface area contributed by atoms with Crippen LogP contribution in [-0.4, -0.2) is 35.3 Å². The van der Waals surface area contributed by atoms with Crippen LogP contribution < -0.4 is 10.2 Å². The summed E-state index contributed by atoms with van der Waals surface area (Å²) in [5.74, 6) is 0.0877. The second-order valence-corrected chi connectivity index (χ2v) is 8.49. The molecule has 1 heterocycles. The number of allylic oxidation sites excluding steroid dienone is 4. The van der Waals surface area contributed by atoms with Crippen molar-refractivity contribution in [3.63, 3.8) is 0 Å². The number of halogens is 3. The Kier molecular flexibility index (Phi) is 6.56. The Hall–Kier alpha value is -3.13. The Balaban J connectivity index is 1.56. The van der Waals surface area contributed by atoms with E-state index in [0.29, 0.717) is 29.4 Å². The minimum absolute atomic E-state index is 0.0875. The minimum atomic E-state index is -4.37. The summed E-state index contributed by atoms with van der Waals surface area (Å²) in [5, 5.41) is 12.4. The van der Waals surface area contributed by atoms with Crippen LogP contribution in [-0.2, 0) is 0 Å². The summed E-state index contributed by atoms with van der Waals surface area (Å²) in [7, 11) is 0. The summed E-state index contributed by atoms with van der Waals surface area (Å²) in [6, 6.07) is 10.9. The molecule has 0 bridgehead atoms. The molecule has 0 spiro atoms. The lowest BCUT2D eigenvalue weighted by molar-refractivity contribution is -0.0985. The van der Waals surface area contributed by atoms with Gasteiger partial charge in [0, 0.05) is 35.3 Å². The monoisotopic (exact) mass is 457 g/mol. The average Bonchev–Trinajstić information content (AvgIpc) is 3.62. The smallest absolute Gasteiger partial charge is 0.395 e. The number of hydrogen-bond acceptors (Lipinski definition) is 4. The van der Waals surface area contributed by atoms with Crippen molar-refractivity contribution >= 4 is 17.4 Å². The minimum Gasteiger partial charge on any atom is -0.395 e. The zero-order chi connectivity index (χ0) is 23.6. The van der Waals surface area contributed by atoms with Gasteiger partial charge in [0.2, 0.25) is 0 Å². The highest BCUT2D eigenvalue weighted by atomic mass is 19.4. The molecular weight excluding hydrogens is 431 g/mol. The highest BCUT2D eigenvalue weighted by molar-refractivity contribution is 5.96. The van der Waals surface area contributed by atoms with Gasteiger partial charge in [-0.25, -0.2) is 4.98 Å². The van der Waals surface area contributed by atoms with Crippen LogP contribution in [0.15, 0.2) is 66.0 Å². The van der Waals surface area contributed by atoms with Crippen molar-refractivity contribution in [1.29, 1.82) is 0 Å². The molecule has 174 valence electrons. The molecule has 5 nitrogen and oxygen atoms in total. The van der Waals surface area contributed by atoms with Crippen LogP contribution in [0.25, 0.3) is 0 Å². The first kappa shape index (κ1) is 23.0. The largest absolute Gasteiger partial charge is 0.412 e. The van der Waals surface area contributed by atoms with Crippen molar-refractivity contribution in [2.45, 2.75) is 38.3 Å². The Bertz CT molecular complexity index is 1090. The van der Waals surface area contributed by atoms with E-state index in [1.807, 2.05) is 23.1 Å². The first-order valence-corrected chi connectivity index (χ1v) is 11.0. The molecule has 1 atom stereocenters. The zero-order valence-electron chi connectivity index (χ0n) is 18.3. The van der Waals surface area contributed by atoms with E-state index in [0.717, 1.165) is 30.3 Å². The molecule has 33 heavy (non-hydrogen) atoms. The Morgan fingerprint density at radius 1 is 1.21 bits per heavy atom. The third kappa shape index (κ3) is 5.27.